The quantitative estimate of drug-likeness (QED) is 0.780. The molecule has 0 amide bonds. The van der Waals surface area contributed by atoms with Crippen molar-refractivity contribution in [2.45, 2.75) is 32.8 Å². The van der Waals surface area contributed by atoms with Gasteiger partial charge in [-0.3, -0.25) is 19.0 Å². The largest absolute Gasteiger partial charge is 0.455 e. The lowest BCUT2D eigenvalue weighted by Gasteiger charge is -2.11. The second-order valence-corrected chi connectivity index (χ2v) is 5.15. The van der Waals surface area contributed by atoms with Crippen LogP contribution in [0.4, 0.5) is 0 Å². The van der Waals surface area contributed by atoms with Gasteiger partial charge in [0.15, 0.2) is 11.9 Å². The lowest BCUT2D eigenvalue weighted by molar-refractivity contribution is -0.153. The maximum absolute atomic E-state index is 12.2. The molecule has 0 saturated carbocycles. The molecule has 0 saturated heterocycles. The summed E-state index contributed by atoms with van der Waals surface area (Å²) in [7, 11) is 1.63. The lowest BCUT2D eigenvalue weighted by atomic mass is 10.2. The monoisotopic (exact) mass is 302 g/mol. The fourth-order valence-corrected chi connectivity index (χ4v) is 2.04. The van der Waals surface area contributed by atoms with Gasteiger partial charge in [-0.25, -0.2) is 4.98 Å². The molecule has 0 aliphatic heterocycles. The fraction of sp³-hybridized carbons (Fsp3) is 0.375. The number of hydrogen-bond acceptors (Lipinski definition) is 5. The Morgan fingerprint density at radius 3 is 2.68 bits per heavy atom. The van der Waals surface area contributed by atoms with Gasteiger partial charge in [-0.15, -0.1) is 0 Å². The van der Waals surface area contributed by atoms with Gasteiger partial charge in [0.1, 0.15) is 5.82 Å². The number of esters is 1. The van der Waals surface area contributed by atoms with E-state index in [1.165, 1.54) is 18.4 Å². The van der Waals surface area contributed by atoms with Gasteiger partial charge in [-0.2, -0.15) is 0 Å². The van der Waals surface area contributed by atoms with E-state index in [2.05, 4.69) is 4.98 Å². The second-order valence-electron chi connectivity index (χ2n) is 5.15. The Morgan fingerprint density at radius 2 is 2.00 bits per heavy atom. The van der Waals surface area contributed by atoms with Crippen LogP contribution in [0.15, 0.2) is 29.1 Å². The Labute approximate surface area is 127 Å². The summed E-state index contributed by atoms with van der Waals surface area (Å²) in [5.74, 6) is -0.175. The summed E-state index contributed by atoms with van der Waals surface area (Å²) in [5.41, 5.74) is 0.456. The molecular formula is C16H18N2O4. The van der Waals surface area contributed by atoms with Crippen molar-refractivity contribution in [3.63, 3.8) is 0 Å². The van der Waals surface area contributed by atoms with E-state index in [-0.39, 0.29) is 24.2 Å². The molecule has 22 heavy (non-hydrogen) atoms. The molecule has 2 rings (SSSR count). The van der Waals surface area contributed by atoms with Crippen LogP contribution in [0.2, 0.25) is 0 Å². The number of ketones is 1. The predicted octanol–water partition coefficient (Wildman–Crippen LogP) is 1.39. The average molecular weight is 302 g/mol. The average Bonchev–Trinajstić information content (AvgIpc) is 2.49. The van der Waals surface area contributed by atoms with Gasteiger partial charge in [0.05, 0.1) is 17.3 Å². The molecule has 1 unspecified atom stereocenters. The Balaban J connectivity index is 2.15. The molecule has 1 atom stereocenters. The van der Waals surface area contributed by atoms with E-state index in [4.69, 9.17) is 4.74 Å². The van der Waals surface area contributed by atoms with E-state index in [1.807, 2.05) is 0 Å². The fourth-order valence-electron chi connectivity index (χ4n) is 2.04. The van der Waals surface area contributed by atoms with Gasteiger partial charge in [0, 0.05) is 13.5 Å². The molecule has 0 spiro atoms. The van der Waals surface area contributed by atoms with E-state index >= 15 is 0 Å². The van der Waals surface area contributed by atoms with Gasteiger partial charge in [0.2, 0.25) is 0 Å². The summed E-state index contributed by atoms with van der Waals surface area (Å²) in [6.45, 7) is 2.90. The Bertz CT molecular complexity index is 779. The molecule has 0 bridgehead atoms. The number of benzene rings is 1. The molecule has 6 nitrogen and oxygen atoms in total. The molecule has 116 valence electrons. The molecule has 0 fully saturated rings. The number of carbonyl (C=O) groups excluding carboxylic acids is 2. The van der Waals surface area contributed by atoms with E-state index < -0.39 is 12.1 Å². The summed E-state index contributed by atoms with van der Waals surface area (Å²) in [5, 5.41) is 0.543. The highest BCUT2D eigenvalue weighted by Crippen LogP contribution is 2.09. The predicted molar refractivity (Wildman–Crippen MR) is 81.5 cm³/mol. The molecule has 0 aliphatic carbocycles. The number of para-hydroxylation sites is 1. The first-order chi connectivity index (χ1) is 10.4. The van der Waals surface area contributed by atoms with Crippen LogP contribution in [0, 0.1) is 0 Å². The summed E-state index contributed by atoms with van der Waals surface area (Å²) < 4.78 is 6.42. The molecule has 1 aromatic heterocycles. The Kier molecular flexibility index (Phi) is 4.70. The molecule has 1 heterocycles. The van der Waals surface area contributed by atoms with Gasteiger partial charge in [0.25, 0.3) is 5.56 Å². The number of ether oxygens (including phenoxy) is 1. The lowest BCUT2D eigenvalue weighted by Crippen LogP contribution is -2.25. The number of carbonyl (C=O) groups is 2. The van der Waals surface area contributed by atoms with Gasteiger partial charge < -0.3 is 4.74 Å². The zero-order chi connectivity index (χ0) is 16.3. The maximum Gasteiger partial charge on any atom is 0.306 e. The zero-order valence-corrected chi connectivity index (χ0v) is 12.8. The van der Waals surface area contributed by atoms with Crippen molar-refractivity contribution < 1.29 is 14.3 Å². The molecule has 0 N–H and O–H groups in total. The van der Waals surface area contributed by atoms with Crippen LogP contribution >= 0.6 is 0 Å². The van der Waals surface area contributed by atoms with Crippen LogP contribution in [0.3, 0.4) is 0 Å². The van der Waals surface area contributed by atoms with E-state index in [0.717, 1.165) is 0 Å². The first kappa shape index (κ1) is 15.9. The number of nitrogens with zero attached hydrogens (tertiary/aromatic N) is 2. The van der Waals surface area contributed by atoms with Crippen molar-refractivity contribution in [2.24, 2.45) is 7.05 Å². The third-order valence-corrected chi connectivity index (χ3v) is 3.51. The van der Waals surface area contributed by atoms with Crippen molar-refractivity contribution in [1.29, 1.82) is 0 Å². The molecule has 0 aliphatic rings. The van der Waals surface area contributed by atoms with Crippen molar-refractivity contribution in [1.82, 2.24) is 9.55 Å². The maximum atomic E-state index is 12.2. The number of rotatable bonds is 5. The zero-order valence-electron chi connectivity index (χ0n) is 12.8. The van der Waals surface area contributed by atoms with Crippen LogP contribution in [0.1, 0.15) is 26.1 Å². The SMILES string of the molecule is CC(=O)C(C)OC(=O)CCc1nc2ccccc2c(=O)n1C. The molecule has 6 heteroatoms. The topological polar surface area (TPSA) is 78.3 Å². The van der Waals surface area contributed by atoms with Crippen LogP contribution in [-0.4, -0.2) is 27.4 Å². The Hall–Kier alpha value is -2.50. The minimum Gasteiger partial charge on any atom is -0.455 e. The standard InChI is InChI=1S/C16H18N2O4/c1-10(19)11(2)22-15(20)9-8-14-17-13-7-5-4-6-12(13)16(21)18(14)3/h4-7,11H,8-9H2,1-3H3. The van der Waals surface area contributed by atoms with Crippen LogP contribution in [-0.2, 0) is 27.8 Å². The highest BCUT2D eigenvalue weighted by molar-refractivity contribution is 5.83. The highest BCUT2D eigenvalue weighted by atomic mass is 16.5. The minimum atomic E-state index is -0.749. The molecule has 0 radical (unpaired) electrons. The van der Waals surface area contributed by atoms with Gasteiger partial charge >= 0.3 is 5.97 Å². The van der Waals surface area contributed by atoms with Gasteiger partial charge in [-0.05, 0) is 26.0 Å². The third-order valence-electron chi connectivity index (χ3n) is 3.51. The van der Waals surface area contributed by atoms with Gasteiger partial charge in [-0.1, -0.05) is 12.1 Å². The van der Waals surface area contributed by atoms with Crippen molar-refractivity contribution in [2.75, 3.05) is 0 Å². The highest BCUT2D eigenvalue weighted by Gasteiger charge is 2.15. The summed E-state index contributed by atoms with van der Waals surface area (Å²) in [4.78, 5) is 39.4. The minimum absolute atomic E-state index is 0.0657. The van der Waals surface area contributed by atoms with E-state index in [1.54, 1.807) is 31.3 Å². The number of fused-ring (bicyclic) bond motifs is 1. The number of aromatic nitrogens is 2. The molecule has 1 aromatic carbocycles. The summed E-state index contributed by atoms with van der Waals surface area (Å²) in [6, 6.07) is 7.07. The molecule has 2 aromatic rings. The third kappa shape index (κ3) is 3.39. The van der Waals surface area contributed by atoms with Crippen LogP contribution < -0.4 is 5.56 Å². The number of Topliss-reactive ketones (excluding diaryl/α,β-unsaturated/α-hetero) is 1. The smallest absolute Gasteiger partial charge is 0.306 e. The first-order valence-electron chi connectivity index (χ1n) is 7.04. The number of aryl methyl sites for hydroxylation is 1. The Morgan fingerprint density at radius 1 is 1.32 bits per heavy atom. The summed E-state index contributed by atoms with van der Waals surface area (Å²) >= 11 is 0. The van der Waals surface area contributed by atoms with Crippen LogP contribution in [0.25, 0.3) is 10.9 Å². The van der Waals surface area contributed by atoms with E-state index in [9.17, 15) is 14.4 Å². The molecular weight excluding hydrogens is 284 g/mol. The first-order valence-corrected chi connectivity index (χ1v) is 7.04. The van der Waals surface area contributed by atoms with Crippen molar-refractivity contribution in [3.8, 4) is 0 Å². The summed E-state index contributed by atoms with van der Waals surface area (Å²) in [6.07, 6.45) is -0.406. The van der Waals surface area contributed by atoms with Crippen LogP contribution in [0.5, 0.6) is 0 Å². The second kappa shape index (κ2) is 6.51. The normalized spacial score (nSPS) is 12.1. The van der Waals surface area contributed by atoms with Crippen molar-refractivity contribution in [3.05, 3.63) is 40.4 Å². The van der Waals surface area contributed by atoms with Crippen molar-refractivity contribution >= 4 is 22.7 Å². The number of hydrogen-bond donors (Lipinski definition) is 0. The van der Waals surface area contributed by atoms with E-state index in [0.29, 0.717) is 16.7 Å².